The summed E-state index contributed by atoms with van der Waals surface area (Å²) >= 11 is 1.80. The van der Waals surface area contributed by atoms with Crippen LogP contribution in [0.5, 0.6) is 0 Å². The van der Waals surface area contributed by atoms with E-state index in [9.17, 15) is 0 Å². The summed E-state index contributed by atoms with van der Waals surface area (Å²) in [7, 11) is 0. The first-order valence-corrected chi connectivity index (χ1v) is 9.09. The van der Waals surface area contributed by atoms with Crippen LogP contribution in [0, 0.1) is 0 Å². The predicted molar refractivity (Wildman–Crippen MR) is 94.0 cm³/mol. The van der Waals surface area contributed by atoms with Gasteiger partial charge < -0.3 is 10.6 Å². The van der Waals surface area contributed by atoms with E-state index in [0.717, 1.165) is 44.3 Å². The molecular formula is C16H24N6S. The fraction of sp³-hybridized carbons (Fsp3) is 0.562. The van der Waals surface area contributed by atoms with Crippen LogP contribution in [0.15, 0.2) is 28.8 Å². The average Bonchev–Trinajstić information content (AvgIpc) is 3.23. The molecule has 2 aromatic heterocycles. The third kappa shape index (κ3) is 4.10. The number of hydrogen-bond donors (Lipinski definition) is 2. The normalized spacial score (nSPS) is 19.2. The van der Waals surface area contributed by atoms with Crippen LogP contribution >= 0.6 is 11.3 Å². The summed E-state index contributed by atoms with van der Waals surface area (Å²) < 4.78 is 1.99. The molecule has 0 aliphatic carbocycles. The second kappa shape index (κ2) is 7.59. The van der Waals surface area contributed by atoms with Gasteiger partial charge in [0.2, 0.25) is 0 Å². The number of rotatable bonds is 5. The van der Waals surface area contributed by atoms with Crippen molar-refractivity contribution >= 4 is 17.3 Å². The van der Waals surface area contributed by atoms with Crippen LogP contribution in [0.1, 0.15) is 36.9 Å². The zero-order chi connectivity index (χ0) is 16.1. The van der Waals surface area contributed by atoms with Gasteiger partial charge in [-0.1, -0.05) is 13.0 Å². The number of aliphatic imine (C=N–C) groups is 1. The van der Waals surface area contributed by atoms with Gasteiger partial charge in [-0.2, -0.15) is 5.10 Å². The van der Waals surface area contributed by atoms with E-state index < -0.39 is 0 Å². The molecule has 2 aromatic rings. The fourth-order valence-electron chi connectivity index (χ4n) is 2.76. The monoisotopic (exact) mass is 332 g/mol. The van der Waals surface area contributed by atoms with Gasteiger partial charge in [0.05, 0.1) is 13.1 Å². The number of hydrogen-bond acceptors (Lipinski definition) is 4. The smallest absolute Gasteiger partial charge is 0.191 e. The highest BCUT2D eigenvalue weighted by Crippen LogP contribution is 2.20. The third-order valence-corrected chi connectivity index (χ3v) is 5.15. The summed E-state index contributed by atoms with van der Waals surface area (Å²) in [6, 6.07) is 4.62. The molecule has 23 heavy (non-hydrogen) atoms. The van der Waals surface area contributed by atoms with Crippen LogP contribution in [-0.2, 0) is 13.0 Å². The van der Waals surface area contributed by atoms with Gasteiger partial charge in [0.25, 0.3) is 0 Å². The number of fused-ring (bicyclic) bond motifs is 1. The van der Waals surface area contributed by atoms with Crippen LogP contribution in [0.25, 0.3) is 0 Å². The van der Waals surface area contributed by atoms with Crippen molar-refractivity contribution in [3.8, 4) is 0 Å². The lowest BCUT2D eigenvalue weighted by atomic mass is 10.1. The lowest BCUT2D eigenvalue weighted by molar-refractivity contribution is 0.392. The quantitative estimate of drug-likeness (QED) is 0.649. The molecule has 1 aliphatic heterocycles. The van der Waals surface area contributed by atoms with Gasteiger partial charge in [-0.25, -0.2) is 9.67 Å². The minimum Gasteiger partial charge on any atom is -0.357 e. The zero-order valence-corrected chi connectivity index (χ0v) is 14.5. The first-order chi connectivity index (χ1) is 11.3. The lowest BCUT2D eigenvalue weighted by Gasteiger charge is -2.25. The Morgan fingerprint density at radius 1 is 1.57 bits per heavy atom. The van der Waals surface area contributed by atoms with Crippen LogP contribution in [0.2, 0.25) is 0 Å². The van der Waals surface area contributed by atoms with E-state index in [4.69, 9.17) is 4.99 Å². The summed E-state index contributed by atoms with van der Waals surface area (Å²) in [4.78, 5) is 10.4. The summed E-state index contributed by atoms with van der Waals surface area (Å²) in [5.74, 6) is 2.42. The average molecular weight is 332 g/mol. The van der Waals surface area contributed by atoms with Crippen LogP contribution < -0.4 is 10.6 Å². The molecule has 0 amide bonds. The Morgan fingerprint density at radius 2 is 2.48 bits per heavy atom. The van der Waals surface area contributed by atoms with Crippen LogP contribution in [0.3, 0.4) is 0 Å². The van der Waals surface area contributed by atoms with E-state index in [1.165, 1.54) is 4.88 Å². The first kappa shape index (κ1) is 16.0. The Kier molecular flexibility index (Phi) is 5.27. The largest absolute Gasteiger partial charge is 0.357 e. The molecule has 2 unspecified atom stereocenters. The second-order valence-corrected chi connectivity index (χ2v) is 6.85. The number of guanidine groups is 1. The first-order valence-electron chi connectivity index (χ1n) is 8.21. The molecule has 0 saturated carbocycles. The summed E-state index contributed by atoms with van der Waals surface area (Å²) in [5.41, 5.74) is 0. The van der Waals surface area contributed by atoms with Crippen molar-refractivity contribution in [3.63, 3.8) is 0 Å². The maximum absolute atomic E-state index is 4.76. The summed E-state index contributed by atoms with van der Waals surface area (Å²) in [6.45, 7) is 6.81. The molecule has 3 rings (SSSR count). The van der Waals surface area contributed by atoms with Gasteiger partial charge in [-0.3, -0.25) is 4.99 Å². The number of nitrogens with one attached hydrogen (secondary N) is 2. The number of nitrogens with zero attached hydrogens (tertiary/aromatic N) is 4. The molecule has 6 nitrogen and oxygen atoms in total. The van der Waals surface area contributed by atoms with E-state index in [2.05, 4.69) is 52.1 Å². The molecule has 0 bridgehead atoms. The van der Waals surface area contributed by atoms with Crippen molar-refractivity contribution in [2.75, 3.05) is 13.1 Å². The Hall–Kier alpha value is -1.89. The molecule has 0 spiro atoms. The molecule has 2 atom stereocenters. The van der Waals surface area contributed by atoms with Crippen molar-refractivity contribution in [3.05, 3.63) is 34.5 Å². The standard InChI is InChI=1S/C16H24N6S/c1-3-17-16(18-9-12(2)14-5-4-8-23-14)21-13-6-7-15-19-11-20-22(15)10-13/h4-5,8,11-13H,3,6-7,9-10H2,1-2H3,(H2,17,18,21). The third-order valence-electron chi connectivity index (χ3n) is 4.04. The summed E-state index contributed by atoms with van der Waals surface area (Å²) in [5, 5.41) is 13.3. The van der Waals surface area contributed by atoms with Gasteiger partial charge in [-0.05, 0) is 24.8 Å². The maximum Gasteiger partial charge on any atom is 0.191 e. The minimum atomic E-state index is 0.346. The molecule has 124 valence electrons. The highest BCUT2D eigenvalue weighted by atomic mass is 32.1. The highest BCUT2D eigenvalue weighted by molar-refractivity contribution is 7.10. The van der Waals surface area contributed by atoms with Crippen molar-refractivity contribution in [1.82, 2.24) is 25.4 Å². The van der Waals surface area contributed by atoms with E-state index in [0.29, 0.717) is 12.0 Å². The molecule has 1 aliphatic rings. The molecular weight excluding hydrogens is 308 g/mol. The van der Waals surface area contributed by atoms with Gasteiger partial charge in [0, 0.05) is 29.8 Å². The van der Waals surface area contributed by atoms with Gasteiger partial charge >= 0.3 is 0 Å². The maximum atomic E-state index is 4.76. The van der Waals surface area contributed by atoms with Crippen molar-refractivity contribution in [2.24, 2.45) is 4.99 Å². The predicted octanol–water partition coefficient (Wildman–Crippen LogP) is 2.01. The second-order valence-electron chi connectivity index (χ2n) is 5.87. The molecule has 0 fully saturated rings. The number of thiophene rings is 1. The lowest BCUT2D eigenvalue weighted by Crippen LogP contribution is -2.47. The molecule has 0 saturated heterocycles. The van der Waals surface area contributed by atoms with Crippen LogP contribution in [0.4, 0.5) is 0 Å². The molecule has 0 aromatic carbocycles. The topological polar surface area (TPSA) is 67.1 Å². The molecule has 7 heteroatoms. The van der Waals surface area contributed by atoms with Gasteiger partial charge in [0.15, 0.2) is 5.96 Å². The van der Waals surface area contributed by atoms with Gasteiger partial charge in [0.1, 0.15) is 12.2 Å². The van der Waals surface area contributed by atoms with E-state index in [1.54, 1.807) is 17.7 Å². The SMILES string of the molecule is CCNC(=NCC(C)c1cccs1)NC1CCc2ncnn2C1. The Bertz CT molecular complexity index is 633. The number of aromatic nitrogens is 3. The van der Waals surface area contributed by atoms with Crippen molar-refractivity contribution < 1.29 is 0 Å². The van der Waals surface area contributed by atoms with E-state index in [-0.39, 0.29) is 0 Å². The molecule has 0 radical (unpaired) electrons. The zero-order valence-electron chi connectivity index (χ0n) is 13.7. The fourth-order valence-corrected chi connectivity index (χ4v) is 3.54. The van der Waals surface area contributed by atoms with Crippen LogP contribution in [-0.4, -0.2) is 39.9 Å². The molecule has 2 N–H and O–H groups in total. The van der Waals surface area contributed by atoms with Crippen molar-refractivity contribution in [2.45, 2.75) is 45.2 Å². The Morgan fingerprint density at radius 3 is 3.26 bits per heavy atom. The number of aryl methyl sites for hydroxylation is 1. The molecule has 3 heterocycles. The summed E-state index contributed by atoms with van der Waals surface area (Å²) in [6.07, 6.45) is 3.66. The van der Waals surface area contributed by atoms with Gasteiger partial charge in [-0.15, -0.1) is 11.3 Å². The van der Waals surface area contributed by atoms with E-state index >= 15 is 0 Å². The Balaban J connectivity index is 1.59. The highest BCUT2D eigenvalue weighted by Gasteiger charge is 2.20. The minimum absolute atomic E-state index is 0.346. The van der Waals surface area contributed by atoms with E-state index in [1.807, 2.05) is 4.68 Å². The van der Waals surface area contributed by atoms with Crippen molar-refractivity contribution in [1.29, 1.82) is 0 Å². The Labute approximate surface area is 141 Å².